The second kappa shape index (κ2) is 6.57. The summed E-state index contributed by atoms with van der Waals surface area (Å²) in [4.78, 5) is 27.3. The zero-order chi connectivity index (χ0) is 18.2. The summed E-state index contributed by atoms with van der Waals surface area (Å²) in [5.74, 6) is -1.54. The predicted molar refractivity (Wildman–Crippen MR) is 85.4 cm³/mol. The fourth-order valence-corrected chi connectivity index (χ4v) is 3.41. The van der Waals surface area contributed by atoms with Gasteiger partial charge in [0.2, 0.25) is 5.91 Å². The molecule has 1 amide bonds. The number of carbonyl (C=O) groups is 2. The molecule has 0 bridgehead atoms. The molecule has 25 heavy (non-hydrogen) atoms. The van der Waals surface area contributed by atoms with Crippen molar-refractivity contribution in [3.05, 3.63) is 23.8 Å². The lowest BCUT2D eigenvalue weighted by Crippen LogP contribution is -2.29. The highest BCUT2D eigenvalue weighted by molar-refractivity contribution is 6.02. The van der Waals surface area contributed by atoms with Crippen molar-refractivity contribution in [2.45, 2.75) is 25.4 Å². The minimum absolute atomic E-state index is 0.0354. The third-order valence-corrected chi connectivity index (χ3v) is 4.70. The second-order valence-corrected chi connectivity index (χ2v) is 6.32. The molecule has 0 aromatic heterocycles. The zero-order valence-corrected chi connectivity index (χ0v) is 13.8. The summed E-state index contributed by atoms with van der Waals surface area (Å²) >= 11 is 0. The van der Waals surface area contributed by atoms with E-state index in [1.807, 2.05) is 4.90 Å². The minimum atomic E-state index is -4.50. The molecule has 136 valence electrons. The summed E-state index contributed by atoms with van der Waals surface area (Å²) in [7, 11) is 1.23. The van der Waals surface area contributed by atoms with Gasteiger partial charge in [0.1, 0.15) is 0 Å². The van der Waals surface area contributed by atoms with Gasteiger partial charge in [-0.3, -0.25) is 9.59 Å². The van der Waals surface area contributed by atoms with Gasteiger partial charge in [-0.1, -0.05) is 0 Å². The molecule has 3 rings (SSSR count). The van der Waals surface area contributed by atoms with Gasteiger partial charge in [0, 0.05) is 26.1 Å². The van der Waals surface area contributed by atoms with E-state index < -0.39 is 23.6 Å². The first-order valence-electron chi connectivity index (χ1n) is 8.15. The van der Waals surface area contributed by atoms with Crippen molar-refractivity contribution in [1.29, 1.82) is 0 Å². The average Bonchev–Trinajstić information content (AvgIpc) is 3.22. The summed E-state index contributed by atoms with van der Waals surface area (Å²) in [5.41, 5.74) is 0.0114. The maximum atomic E-state index is 13.1. The lowest BCUT2D eigenvalue weighted by molar-refractivity contribution is -0.145. The number of rotatable bonds is 3. The summed E-state index contributed by atoms with van der Waals surface area (Å²) in [5, 5.41) is 0. The number of methoxy groups -OCH3 is 1. The van der Waals surface area contributed by atoms with Crippen molar-refractivity contribution in [3.8, 4) is 0 Å². The highest BCUT2D eigenvalue weighted by Crippen LogP contribution is 2.40. The molecule has 2 aliphatic rings. The van der Waals surface area contributed by atoms with E-state index in [9.17, 15) is 22.8 Å². The Balaban J connectivity index is 1.99. The van der Waals surface area contributed by atoms with Crippen molar-refractivity contribution >= 4 is 23.3 Å². The van der Waals surface area contributed by atoms with Gasteiger partial charge < -0.3 is 14.5 Å². The van der Waals surface area contributed by atoms with Gasteiger partial charge in [0.15, 0.2) is 0 Å². The number of hydrogen-bond donors (Lipinski definition) is 0. The Morgan fingerprint density at radius 3 is 2.48 bits per heavy atom. The zero-order valence-electron chi connectivity index (χ0n) is 13.8. The maximum absolute atomic E-state index is 13.1. The predicted octanol–water partition coefficient (Wildman–Crippen LogP) is 2.83. The number of esters is 1. The Bertz CT molecular complexity index is 684. The van der Waals surface area contributed by atoms with Crippen molar-refractivity contribution in [3.63, 3.8) is 0 Å². The molecule has 0 N–H and O–H groups in total. The average molecular weight is 356 g/mol. The van der Waals surface area contributed by atoms with Crippen LogP contribution in [0.15, 0.2) is 18.2 Å². The van der Waals surface area contributed by atoms with Crippen LogP contribution < -0.4 is 9.80 Å². The van der Waals surface area contributed by atoms with Gasteiger partial charge in [-0.15, -0.1) is 0 Å². The Hall–Kier alpha value is -2.25. The second-order valence-electron chi connectivity index (χ2n) is 6.32. The monoisotopic (exact) mass is 356 g/mol. The summed E-state index contributed by atoms with van der Waals surface area (Å²) < 4.78 is 44.1. The first-order chi connectivity index (χ1) is 11.8. The molecule has 2 fully saturated rings. The van der Waals surface area contributed by atoms with Crippen LogP contribution in [0.1, 0.15) is 24.8 Å². The molecular formula is C17H19F3N2O3. The third-order valence-electron chi connectivity index (χ3n) is 4.70. The molecule has 1 aromatic carbocycles. The van der Waals surface area contributed by atoms with Crippen molar-refractivity contribution in [2.24, 2.45) is 5.92 Å². The molecule has 0 aliphatic carbocycles. The van der Waals surface area contributed by atoms with Gasteiger partial charge in [0.25, 0.3) is 0 Å². The number of alkyl halides is 3. The van der Waals surface area contributed by atoms with E-state index in [0.717, 1.165) is 38.1 Å². The normalized spacial score (nSPS) is 21.1. The Kier molecular flexibility index (Phi) is 4.62. The van der Waals surface area contributed by atoms with Crippen LogP contribution in [-0.4, -0.2) is 38.6 Å². The van der Waals surface area contributed by atoms with Gasteiger partial charge in [-0.05, 0) is 31.0 Å². The van der Waals surface area contributed by atoms with E-state index in [2.05, 4.69) is 4.74 Å². The van der Waals surface area contributed by atoms with E-state index in [1.54, 1.807) is 0 Å². The standard InChI is InChI=1S/C17H19F3N2O3/c1-25-16(24)11-8-15(23)22(10-11)14-9-12(17(18,19)20)4-5-13(14)21-6-2-3-7-21/h4-5,9,11H,2-3,6-8,10H2,1H3/t11-/m0/s1. The number of halogens is 3. The molecule has 2 aliphatic heterocycles. The molecule has 1 aromatic rings. The van der Waals surface area contributed by atoms with Crippen LogP contribution in [0.5, 0.6) is 0 Å². The summed E-state index contributed by atoms with van der Waals surface area (Å²) in [6, 6.07) is 3.46. The molecule has 5 nitrogen and oxygen atoms in total. The van der Waals surface area contributed by atoms with Gasteiger partial charge in [0.05, 0.1) is 30.0 Å². The molecule has 0 spiro atoms. The highest BCUT2D eigenvalue weighted by atomic mass is 19.4. The van der Waals surface area contributed by atoms with Crippen molar-refractivity contribution in [1.82, 2.24) is 0 Å². The molecule has 2 saturated heterocycles. The fraction of sp³-hybridized carbons (Fsp3) is 0.529. The quantitative estimate of drug-likeness (QED) is 0.782. The molecule has 2 heterocycles. The van der Waals surface area contributed by atoms with Crippen LogP contribution in [0.25, 0.3) is 0 Å². The van der Waals surface area contributed by atoms with E-state index in [4.69, 9.17) is 0 Å². The Labute approximate surface area is 143 Å². The van der Waals surface area contributed by atoms with Crippen LogP contribution in [0.3, 0.4) is 0 Å². The van der Waals surface area contributed by atoms with E-state index >= 15 is 0 Å². The number of ether oxygens (including phenoxy) is 1. The number of amides is 1. The number of hydrogen-bond acceptors (Lipinski definition) is 4. The molecule has 0 saturated carbocycles. The first-order valence-corrected chi connectivity index (χ1v) is 8.15. The number of anilines is 2. The van der Waals surface area contributed by atoms with Crippen LogP contribution in [0.4, 0.5) is 24.5 Å². The summed E-state index contributed by atoms with van der Waals surface area (Å²) in [6.45, 7) is 1.51. The lowest BCUT2D eigenvalue weighted by atomic mass is 10.1. The summed E-state index contributed by atoms with van der Waals surface area (Å²) in [6.07, 6.45) is -2.64. The van der Waals surface area contributed by atoms with E-state index in [-0.39, 0.29) is 24.6 Å². The molecule has 0 unspecified atom stereocenters. The van der Waals surface area contributed by atoms with E-state index in [1.165, 1.54) is 18.1 Å². The Morgan fingerprint density at radius 1 is 1.20 bits per heavy atom. The molecular weight excluding hydrogens is 337 g/mol. The fourth-order valence-electron chi connectivity index (χ4n) is 3.41. The first kappa shape index (κ1) is 17.6. The number of carbonyl (C=O) groups excluding carboxylic acids is 2. The Morgan fingerprint density at radius 2 is 1.88 bits per heavy atom. The smallest absolute Gasteiger partial charge is 0.416 e. The van der Waals surface area contributed by atoms with Crippen LogP contribution in [0.2, 0.25) is 0 Å². The van der Waals surface area contributed by atoms with Gasteiger partial charge in [-0.2, -0.15) is 13.2 Å². The van der Waals surface area contributed by atoms with Gasteiger partial charge in [-0.25, -0.2) is 0 Å². The lowest BCUT2D eigenvalue weighted by Gasteiger charge is -2.27. The van der Waals surface area contributed by atoms with Gasteiger partial charge >= 0.3 is 12.1 Å². The number of benzene rings is 1. The largest absolute Gasteiger partial charge is 0.469 e. The molecule has 8 heteroatoms. The minimum Gasteiger partial charge on any atom is -0.469 e. The topological polar surface area (TPSA) is 49.9 Å². The maximum Gasteiger partial charge on any atom is 0.416 e. The third kappa shape index (κ3) is 3.43. The van der Waals surface area contributed by atoms with E-state index in [0.29, 0.717) is 5.69 Å². The molecule has 1 atom stereocenters. The number of nitrogens with zero attached hydrogens (tertiary/aromatic N) is 2. The van der Waals surface area contributed by atoms with Crippen molar-refractivity contribution in [2.75, 3.05) is 36.5 Å². The SMILES string of the molecule is COC(=O)[C@H]1CC(=O)N(c2cc(C(F)(F)F)ccc2N2CCCC2)C1. The van der Waals surface area contributed by atoms with Crippen LogP contribution in [-0.2, 0) is 20.5 Å². The molecule has 0 radical (unpaired) electrons. The van der Waals surface area contributed by atoms with Crippen LogP contribution >= 0.6 is 0 Å². The van der Waals surface area contributed by atoms with Crippen molar-refractivity contribution < 1.29 is 27.5 Å². The van der Waals surface area contributed by atoms with Crippen LogP contribution in [0, 0.1) is 5.92 Å². The highest BCUT2D eigenvalue weighted by Gasteiger charge is 2.39.